The fourth-order valence-corrected chi connectivity index (χ4v) is 7.51. The van der Waals surface area contributed by atoms with Gasteiger partial charge in [0.25, 0.3) is 0 Å². The normalized spacial score (nSPS) is 21.1. The molecule has 9 heteroatoms. The maximum Gasteiger partial charge on any atom is 0.243 e. The molecule has 8 nitrogen and oxygen atoms in total. The summed E-state index contributed by atoms with van der Waals surface area (Å²) in [5.74, 6) is 0.563. The average Bonchev–Trinajstić information content (AvgIpc) is 3.62. The van der Waals surface area contributed by atoms with Gasteiger partial charge in [0, 0.05) is 35.8 Å². The lowest BCUT2D eigenvalue weighted by atomic mass is 9.89. The van der Waals surface area contributed by atoms with Gasteiger partial charge < -0.3 is 9.88 Å². The molecule has 178 valence electrons. The summed E-state index contributed by atoms with van der Waals surface area (Å²) in [5.41, 5.74) is 3.26. The first kappa shape index (κ1) is 21.8. The summed E-state index contributed by atoms with van der Waals surface area (Å²) < 4.78 is 28.6. The Labute approximate surface area is 199 Å². The Bertz CT molecular complexity index is 1400. The average molecular weight is 479 g/mol. The van der Waals surface area contributed by atoms with Gasteiger partial charge in [0.05, 0.1) is 28.3 Å². The summed E-state index contributed by atoms with van der Waals surface area (Å²) in [7, 11) is -3.51. The van der Waals surface area contributed by atoms with Crippen LogP contribution >= 0.6 is 0 Å². The molecule has 0 unspecified atom stereocenters. The minimum absolute atomic E-state index is 0.0707. The molecule has 6 rings (SSSR count). The molecule has 2 N–H and O–H groups in total. The van der Waals surface area contributed by atoms with E-state index in [9.17, 15) is 8.42 Å². The highest BCUT2D eigenvalue weighted by molar-refractivity contribution is 7.89. The number of hydrogen-bond acceptors (Lipinski definition) is 5. The van der Waals surface area contributed by atoms with Crippen LogP contribution in [0.2, 0.25) is 0 Å². The van der Waals surface area contributed by atoms with Gasteiger partial charge in [-0.3, -0.25) is 10.1 Å². The Morgan fingerprint density at radius 2 is 1.91 bits per heavy atom. The zero-order chi connectivity index (χ0) is 23.1. The number of sulfonamides is 1. The van der Waals surface area contributed by atoms with E-state index in [0.717, 1.165) is 68.2 Å². The van der Waals surface area contributed by atoms with E-state index in [2.05, 4.69) is 37.3 Å². The molecule has 2 saturated heterocycles. The molecule has 4 aromatic rings. The fraction of sp³-hybridized carbons (Fsp3) is 0.440. The number of benzene rings is 1. The summed E-state index contributed by atoms with van der Waals surface area (Å²) >= 11 is 0. The number of piperidine rings is 1. The highest BCUT2D eigenvalue weighted by atomic mass is 32.2. The Balaban J connectivity index is 1.08. The molecule has 2 aliphatic heterocycles. The van der Waals surface area contributed by atoms with E-state index in [-0.39, 0.29) is 6.04 Å². The van der Waals surface area contributed by atoms with Crippen molar-refractivity contribution in [2.24, 2.45) is 0 Å². The maximum absolute atomic E-state index is 13.4. The quantitative estimate of drug-likeness (QED) is 0.439. The van der Waals surface area contributed by atoms with Gasteiger partial charge in [-0.05, 0) is 87.5 Å². The van der Waals surface area contributed by atoms with Crippen molar-refractivity contribution in [2.75, 3.05) is 26.2 Å². The highest BCUT2D eigenvalue weighted by Crippen LogP contribution is 2.34. The second-order valence-electron chi connectivity index (χ2n) is 9.60. The lowest BCUT2D eigenvalue weighted by molar-refractivity contribution is 0.196. The molecule has 1 aromatic carbocycles. The molecule has 2 aliphatic rings. The minimum Gasteiger partial charge on any atom is -0.360 e. The SMILES string of the molecule is O=S(=O)(c1ccc2cn[nH]c2c1)N1CCC[C@@H]1CCN1CCC(c2c[nH]c3cnccc23)CC1. The number of fused-ring (bicyclic) bond motifs is 2. The molecular weight excluding hydrogens is 448 g/mol. The number of pyridine rings is 1. The fourth-order valence-electron chi connectivity index (χ4n) is 5.76. The number of H-pyrrole nitrogens is 2. The van der Waals surface area contributed by atoms with Gasteiger partial charge in [0.1, 0.15) is 0 Å². The number of likely N-dealkylation sites (tertiary alicyclic amines) is 1. The Morgan fingerprint density at radius 1 is 1.03 bits per heavy atom. The predicted molar refractivity (Wildman–Crippen MR) is 132 cm³/mol. The smallest absolute Gasteiger partial charge is 0.243 e. The van der Waals surface area contributed by atoms with Crippen molar-refractivity contribution >= 4 is 31.8 Å². The molecule has 34 heavy (non-hydrogen) atoms. The number of aromatic amines is 2. The van der Waals surface area contributed by atoms with Crippen LogP contribution in [0.1, 0.15) is 43.6 Å². The van der Waals surface area contributed by atoms with Crippen LogP contribution in [0.3, 0.4) is 0 Å². The lowest BCUT2D eigenvalue weighted by Crippen LogP contribution is -2.40. The summed E-state index contributed by atoms with van der Waals surface area (Å²) in [4.78, 5) is 10.4. The predicted octanol–water partition coefficient (Wildman–Crippen LogP) is 3.86. The standard InChI is InChI=1S/C25H30N6O2S/c32-34(33,21-4-3-19-15-28-29-24(19)14-21)31-10-1-2-20(31)8-13-30-11-6-18(7-12-30)23-16-27-25-17-26-9-5-22(23)25/h3-5,9,14-18,20,27H,1-2,6-8,10-13H2,(H,28,29)/t20-/m1/s1. The van der Waals surface area contributed by atoms with Crippen LogP contribution in [0, 0.1) is 0 Å². The first-order valence-corrected chi connectivity index (χ1v) is 13.6. The molecule has 1 atom stereocenters. The zero-order valence-electron chi connectivity index (χ0n) is 19.2. The number of hydrogen-bond donors (Lipinski definition) is 2. The van der Waals surface area contributed by atoms with Gasteiger partial charge >= 0.3 is 0 Å². The van der Waals surface area contributed by atoms with Crippen LogP contribution in [-0.4, -0.2) is 70.0 Å². The molecule has 0 bridgehead atoms. The number of rotatable bonds is 6. The van der Waals surface area contributed by atoms with Crippen molar-refractivity contribution in [1.29, 1.82) is 0 Å². The van der Waals surface area contributed by atoms with E-state index in [4.69, 9.17) is 0 Å². The molecule has 5 heterocycles. The summed E-state index contributed by atoms with van der Waals surface area (Å²) in [6.45, 7) is 3.66. The van der Waals surface area contributed by atoms with E-state index in [1.165, 1.54) is 10.9 Å². The van der Waals surface area contributed by atoms with Crippen molar-refractivity contribution in [3.8, 4) is 0 Å². The van der Waals surface area contributed by atoms with Crippen LogP contribution in [0.5, 0.6) is 0 Å². The third-order valence-corrected chi connectivity index (χ3v) is 9.61. The number of nitrogens with one attached hydrogen (secondary N) is 2. The van der Waals surface area contributed by atoms with Crippen molar-refractivity contribution < 1.29 is 8.42 Å². The monoisotopic (exact) mass is 478 g/mol. The van der Waals surface area contributed by atoms with Gasteiger partial charge in [-0.1, -0.05) is 0 Å². The largest absolute Gasteiger partial charge is 0.360 e. The Kier molecular flexibility index (Phi) is 5.63. The molecule has 0 aliphatic carbocycles. The van der Waals surface area contributed by atoms with Crippen LogP contribution in [0.4, 0.5) is 0 Å². The van der Waals surface area contributed by atoms with Crippen molar-refractivity contribution in [1.82, 2.24) is 29.4 Å². The molecule has 0 saturated carbocycles. The van der Waals surface area contributed by atoms with Gasteiger partial charge in [0.2, 0.25) is 10.0 Å². The third-order valence-electron chi connectivity index (χ3n) is 7.66. The first-order valence-electron chi connectivity index (χ1n) is 12.2. The van der Waals surface area contributed by atoms with Gasteiger partial charge in [-0.2, -0.15) is 9.40 Å². The molecule has 0 spiro atoms. The van der Waals surface area contributed by atoms with Crippen molar-refractivity contribution in [3.63, 3.8) is 0 Å². The van der Waals surface area contributed by atoms with Crippen molar-refractivity contribution in [3.05, 3.63) is 54.6 Å². The number of aromatic nitrogens is 4. The molecule has 0 radical (unpaired) electrons. The zero-order valence-corrected chi connectivity index (χ0v) is 20.0. The second kappa shape index (κ2) is 8.79. The van der Waals surface area contributed by atoms with Crippen LogP contribution in [-0.2, 0) is 10.0 Å². The molecule has 2 fully saturated rings. The van der Waals surface area contributed by atoms with Crippen LogP contribution in [0.25, 0.3) is 21.8 Å². The van der Waals surface area contributed by atoms with Gasteiger partial charge in [-0.15, -0.1) is 0 Å². The summed E-state index contributed by atoms with van der Waals surface area (Å²) in [6, 6.07) is 7.41. The molecule has 0 amide bonds. The van der Waals surface area contributed by atoms with E-state index in [1.807, 2.05) is 18.5 Å². The van der Waals surface area contributed by atoms with Gasteiger partial charge in [0.15, 0.2) is 0 Å². The summed E-state index contributed by atoms with van der Waals surface area (Å²) in [5, 5.41) is 9.10. The van der Waals surface area contributed by atoms with Crippen LogP contribution < -0.4 is 0 Å². The van der Waals surface area contributed by atoms with Crippen LogP contribution in [0.15, 0.2) is 53.9 Å². The van der Waals surface area contributed by atoms with E-state index < -0.39 is 10.0 Å². The Hall–Kier alpha value is -2.75. The van der Waals surface area contributed by atoms with Crippen molar-refractivity contribution in [2.45, 2.75) is 49.0 Å². The lowest BCUT2D eigenvalue weighted by Gasteiger charge is -2.33. The summed E-state index contributed by atoms with van der Waals surface area (Å²) in [6.07, 6.45) is 12.6. The van der Waals surface area contributed by atoms with Gasteiger partial charge in [-0.25, -0.2) is 8.42 Å². The van der Waals surface area contributed by atoms with E-state index >= 15 is 0 Å². The third kappa shape index (κ3) is 3.91. The molecular formula is C25H30N6O2S. The molecule has 3 aromatic heterocycles. The minimum atomic E-state index is -3.51. The number of nitrogens with zero attached hydrogens (tertiary/aromatic N) is 4. The maximum atomic E-state index is 13.4. The van der Waals surface area contributed by atoms with E-state index in [1.54, 1.807) is 22.6 Å². The topological polar surface area (TPSA) is 98.0 Å². The van der Waals surface area contributed by atoms with E-state index in [0.29, 0.717) is 17.4 Å². The highest BCUT2D eigenvalue weighted by Gasteiger charge is 2.35. The first-order chi connectivity index (χ1) is 16.6. The second-order valence-corrected chi connectivity index (χ2v) is 11.5. The Morgan fingerprint density at radius 3 is 2.79 bits per heavy atom.